The van der Waals surface area contributed by atoms with E-state index in [2.05, 4.69) is 11.9 Å². The van der Waals surface area contributed by atoms with Gasteiger partial charge in [-0.25, -0.2) is 13.4 Å². The van der Waals surface area contributed by atoms with Crippen molar-refractivity contribution in [3.63, 3.8) is 0 Å². The van der Waals surface area contributed by atoms with E-state index in [1.54, 1.807) is 16.4 Å². The van der Waals surface area contributed by atoms with Crippen molar-refractivity contribution in [3.8, 4) is 0 Å². The van der Waals surface area contributed by atoms with Gasteiger partial charge in [-0.2, -0.15) is 4.31 Å². The van der Waals surface area contributed by atoms with Gasteiger partial charge >= 0.3 is 0 Å². The molecule has 116 valence electrons. The van der Waals surface area contributed by atoms with E-state index in [4.69, 9.17) is 11.6 Å². The molecule has 0 amide bonds. The van der Waals surface area contributed by atoms with E-state index in [0.717, 1.165) is 25.7 Å². The first kappa shape index (κ1) is 15.3. The monoisotopic (exact) mass is 328 g/mol. The van der Waals surface area contributed by atoms with Crippen molar-refractivity contribution in [1.82, 2.24) is 9.29 Å². The summed E-state index contributed by atoms with van der Waals surface area (Å²) in [6.45, 7) is 2.85. The average Bonchev–Trinajstić information content (AvgIpc) is 2.48. The van der Waals surface area contributed by atoms with Crippen LogP contribution in [0.15, 0.2) is 23.2 Å². The minimum absolute atomic E-state index is 0.0727. The summed E-state index contributed by atoms with van der Waals surface area (Å²) in [6.07, 6.45) is 6.87. The maximum Gasteiger partial charge on any atom is 0.246 e. The lowest BCUT2D eigenvalue weighted by Gasteiger charge is -2.46. The Morgan fingerprint density at radius 2 is 2.05 bits per heavy atom. The van der Waals surface area contributed by atoms with Gasteiger partial charge in [-0.15, -0.1) is 0 Å². The molecule has 0 N–H and O–H groups in total. The number of hydrogen-bond donors (Lipinski definition) is 0. The Bertz CT molecular complexity index is 620. The first-order valence-corrected chi connectivity index (χ1v) is 9.46. The Morgan fingerprint density at radius 1 is 1.29 bits per heavy atom. The van der Waals surface area contributed by atoms with E-state index in [1.807, 2.05) is 0 Å². The number of pyridine rings is 1. The standard InChI is InChI=1S/C15H21ClN2O2S/c1-11-8-10-18(13-6-3-2-5-12(11)13)21(19,20)14-7-4-9-17-15(14)16/h4,7,9,11-13H,2-3,5-6,8,10H2,1H3. The van der Waals surface area contributed by atoms with Gasteiger partial charge in [0.05, 0.1) is 0 Å². The lowest BCUT2D eigenvalue weighted by Crippen LogP contribution is -2.52. The maximum atomic E-state index is 13.0. The molecule has 21 heavy (non-hydrogen) atoms. The summed E-state index contributed by atoms with van der Waals surface area (Å²) in [5, 5.41) is 0.0727. The summed E-state index contributed by atoms with van der Waals surface area (Å²) in [5.74, 6) is 1.09. The van der Waals surface area contributed by atoms with Crippen LogP contribution in [0.25, 0.3) is 0 Å². The Hall–Kier alpha value is -0.650. The summed E-state index contributed by atoms with van der Waals surface area (Å²) in [5.41, 5.74) is 0. The van der Waals surface area contributed by atoms with Crippen LogP contribution in [0.3, 0.4) is 0 Å². The van der Waals surface area contributed by atoms with Crippen LogP contribution in [0.5, 0.6) is 0 Å². The Labute approximate surface area is 131 Å². The van der Waals surface area contributed by atoms with Gasteiger partial charge in [-0.3, -0.25) is 0 Å². The van der Waals surface area contributed by atoms with E-state index >= 15 is 0 Å². The molecule has 6 heteroatoms. The average molecular weight is 329 g/mol. The third-order valence-electron chi connectivity index (χ3n) is 5.00. The predicted octanol–water partition coefficient (Wildman–Crippen LogP) is 3.32. The molecule has 2 fully saturated rings. The van der Waals surface area contributed by atoms with Crippen LogP contribution < -0.4 is 0 Å². The van der Waals surface area contributed by atoms with Gasteiger partial charge in [-0.1, -0.05) is 31.4 Å². The molecule has 4 nitrogen and oxygen atoms in total. The second-order valence-electron chi connectivity index (χ2n) is 6.19. The molecule has 3 rings (SSSR count). The zero-order valence-electron chi connectivity index (χ0n) is 12.2. The predicted molar refractivity (Wildman–Crippen MR) is 82.7 cm³/mol. The molecule has 1 saturated heterocycles. The molecular weight excluding hydrogens is 308 g/mol. The molecule has 0 bridgehead atoms. The zero-order valence-corrected chi connectivity index (χ0v) is 13.8. The molecule has 1 aliphatic carbocycles. The van der Waals surface area contributed by atoms with Gasteiger partial charge in [0.1, 0.15) is 10.0 Å². The van der Waals surface area contributed by atoms with Crippen molar-refractivity contribution < 1.29 is 8.42 Å². The zero-order chi connectivity index (χ0) is 15.0. The van der Waals surface area contributed by atoms with Crippen molar-refractivity contribution in [1.29, 1.82) is 0 Å². The summed E-state index contributed by atoms with van der Waals surface area (Å²) in [6, 6.07) is 3.31. The van der Waals surface area contributed by atoms with Gasteiger partial charge in [-0.05, 0) is 43.2 Å². The molecule has 2 heterocycles. The molecule has 2 aliphatic rings. The number of sulfonamides is 1. The molecule has 1 saturated carbocycles. The SMILES string of the molecule is CC1CCN(S(=O)(=O)c2cccnc2Cl)C2CCCCC12. The van der Waals surface area contributed by atoms with Crippen LogP contribution in [0.2, 0.25) is 5.15 Å². The maximum absolute atomic E-state index is 13.0. The summed E-state index contributed by atoms with van der Waals surface area (Å²) < 4.78 is 27.6. The van der Waals surface area contributed by atoms with Gasteiger partial charge in [0.25, 0.3) is 0 Å². The fourth-order valence-electron chi connectivity index (χ4n) is 3.86. The Balaban J connectivity index is 1.97. The number of aromatic nitrogens is 1. The fraction of sp³-hybridized carbons (Fsp3) is 0.667. The number of nitrogens with zero attached hydrogens (tertiary/aromatic N) is 2. The van der Waals surface area contributed by atoms with E-state index in [1.165, 1.54) is 12.6 Å². The number of fused-ring (bicyclic) bond motifs is 1. The molecular formula is C15H21ClN2O2S. The Morgan fingerprint density at radius 3 is 2.81 bits per heavy atom. The highest BCUT2D eigenvalue weighted by Gasteiger charge is 2.43. The normalized spacial score (nSPS) is 30.9. The smallest absolute Gasteiger partial charge is 0.243 e. The molecule has 1 aromatic rings. The second-order valence-corrected chi connectivity index (χ2v) is 8.41. The quantitative estimate of drug-likeness (QED) is 0.782. The first-order chi connectivity index (χ1) is 10.0. The van der Waals surface area contributed by atoms with Crippen molar-refractivity contribution in [2.45, 2.75) is 50.0 Å². The Kier molecular flexibility index (Phi) is 4.26. The minimum atomic E-state index is -3.55. The van der Waals surface area contributed by atoms with Gasteiger partial charge in [0.15, 0.2) is 0 Å². The highest BCUT2D eigenvalue weighted by Crippen LogP contribution is 2.41. The molecule has 0 aromatic carbocycles. The van der Waals surface area contributed by atoms with Gasteiger partial charge < -0.3 is 0 Å². The number of hydrogen-bond acceptors (Lipinski definition) is 3. The van der Waals surface area contributed by atoms with E-state index in [9.17, 15) is 8.42 Å². The summed E-state index contributed by atoms with van der Waals surface area (Å²) in [7, 11) is -3.55. The number of piperidine rings is 1. The third kappa shape index (κ3) is 2.71. The topological polar surface area (TPSA) is 50.3 Å². The second kappa shape index (κ2) is 5.86. The van der Waals surface area contributed by atoms with Crippen molar-refractivity contribution >= 4 is 21.6 Å². The van der Waals surface area contributed by atoms with E-state index in [-0.39, 0.29) is 16.1 Å². The molecule has 3 atom stereocenters. The molecule has 1 aliphatic heterocycles. The summed E-state index contributed by atoms with van der Waals surface area (Å²) >= 11 is 6.01. The minimum Gasteiger partial charge on any atom is -0.243 e. The van der Waals surface area contributed by atoms with Gasteiger partial charge in [0, 0.05) is 18.8 Å². The first-order valence-electron chi connectivity index (χ1n) is 7.64. The lowest BCUT2D eigenvalue weighted by atomic mass is 9.74. The molecule has 0 radical (unpaired) electrons. The largest absolute Gasteiger partial charge is 0.246 e. The van der Waals surface area contributed by atoms with E-state index < -0.39 is 10.0 Å². The van der Waals surface area contributed by atoms with E-state index in [0.29, 0.717) is 18.4 Å². The van der Waals surface area contributed by atoms with Gasteiger partial charge in [0.2, 0.25) is 10.0 Å². The van der Waals surface area contributed by atoms with Crippen molar-refractivity contribution in [2.75, 3.05) is 6.54 Å². The van der Waals surface area contributed by atoms with Crippen LogP contribution in [0.1, 0.15) is 39.0 Å². The fourth-order valence-corrected chi connectivity index (χ4v) is 6.01. The van der Waals surface area contributed by atoms with Crippen LogP contribution in [-0.4, -0.2) is 30.3 Å². The van der Waals surface area contributed by atoms with Crippen LogP contribution in [-0.2, 0) is 10.0 Å². The molecule has 0 spiro atoms. The number of halogens is 1. The highest BCUT2D eigenvalue weighted by molar-refractivity contribution is 7.89. The van der Waals surface area contributed by atoms with Crippen LogP contribution in [0, 0.1) is 11.8 Å². The molecule has 1 aromatic heterocycles. The van der Waals surface area contributed by atoms with Crippen molar-refractivity contribution in [2.24, 2.45) is 11.8 Å². The number of rotatable bonds is 2. The highest BCUT2D eigenvalue weighted by atomic mass is 35.5. The third-order valence-corrected chi connectivity index (χ3v) is 7.37. The van der Waals surface area contributed by atoms with Crippen LogP contribution in [0.4, 0.5) is 0 Å². The van der Waals surface area contributed by atoms with Crippen molar-refractivity contribution in [3.05, 3.63) is 23.5 Å². The molecule has 3 unspecified atom stereocenters. The summed E-state index contributed by atoms with van der Waals surface area (Å²) in [4.78, 5) is 4.06. The van der Waals surface area contributed by atoms with Crippen LogP contribution >= 0.6 is 11.6 Å². The lowest BCUT2D eigenvalue weighted by molar-refractivity contribution is 0.0827.